The molecule has 0 atom stereocenters. The van der Waals surface area contributed by atoms with Gasteiger partial charge in [-0.25, -0.2) is 0 Å². The molecule has 8 heteroatoms. The summed E-state index contributed by atoms with van der Waals surface area (Å²) < 4.78 is 1.99. The van der Waals surface area contributed by atoms with E-state index in [1.807, 2.05) is 42.8 Å². The number of halogens is 1. The molecule has 0 bridgehead atoms. The molecule has 19 heavy (non-hydrogen) atoms. The summed E-state index contributed by atoms with van der Waals surface area (Å²) in [4.78, 5) is 4.54. The number of aromatic nitrogens is 2. The number of imidazole rings is 1. The molecule has 2 aromatic rings. The fourth-order valence-corrected chi connectivity index (χ4v) is 6.85. The normalized spacial score (nSPS) is 12.8. The van der Waals surface area contributed by atoms with Gasteiger partial charge in [0.2, 0.25) is 0 Å². The molecule has 0 saturated carbocycles. The second-order valence-corrected chi connectivity index (χ2v) is 16.4. The van der Waals surface area contributed by atoms with Crippen molar-refractivity contribution in [2.45, 2.75) is 6.92 Å². The number of hydrogen-bond donors (Lipinski definition) is 1. The van der Waals surface area contributed by atoms with Crippen LogP contribution in [0.25, 0.3) is 11.0 Å². The molecule has 2 N–H and O–H groups in total. The molecular formula is C11H12ClHgN5S. The molecule has 0 saturated heterocycles. The average Bonchev–Trinajstić information content (AvgIpc) is 2.74. The van der Waals surface area contributed by atoms with Crippen LogP contribution in [0.2, 0.25) is 0 Å². The van der Waals surface area contributed by atoms with Gasteiger partial charge < -0.3 is 0 Å². The van der Waals surface area contributed by atoms with Gasteiger partial charge in [-0.1, -0.05) is 0 Å². The van der Waals surface area contributed by atoms with Gasteiger partial charge >= 0.3 is 130 Å². The number of aryl methyl sites for hydroxylation is 1. The Labute approximate surface area is 129 Å². The standard InChI is InChI=1S/C11H13N5S.ClH.Hg/c1-7(14-15-11(12)17)10-13-8-5-3-4-6-9(8)16(10)2;;/h3-6H,1-2H3,(H3,12,15,17);1H;/q;;+2/p-2/b14-7+;;. The van der Waals surface area contributed by atoms with Gasteiger partial charge in [-0.2, -0.15) is 0 Å². The first-order valence-electron chi connectivity index (χ1n) is 5.61. The maximum absolute atomic E-state index is 5.77. The third-order valence-corrected chi connectivity index (χ3v) is 10.7. The van der Waals surface area contributed by atoms with Crippen LogP contribution in [-0.2, 0) is 28.9 Å². The topological polar surface area (TPSA) is 68.6 Å². The van der Waals surface area contributed by atoms with Gasteiger partial charge in [-0.3, -0.25) is 0 Å². The molecular weight excluding hydrogens is 470 g/mol. The van der Waals surface area contributed by atoms with Crippen LogP contribution in [0, 0.1) is 0 Å². The Kier molecular flexibility index (Phi) is 5.24. The third-order valence-electron chi connectivity index (χ3n) is 2.61. The summed E-state index contributed by atoms with van der Waals surface area (Å²) in [5.74, 6) is 0.790. The molecule has 1 heterocycles. The molecule has 0 spiro atoms. The molecule has 0 aliphatic carbocycles. The number of fused-ring (bicyclic) bond motifs is 1. The van der Waals surface area contributed by atoms with Crippen molar-refractivity contribution in [2.24, 2.45) is 23.0 Å². The SMILES string of the molecule is C/C(=N\N=C(\N)[S][Hg][Cl])c1nc2ccccc2n1C. The van der Waals surface area contributed by atoms with Gasteiger partial charge in [0.25, 0.3) is 0 Å². The van der Waals surface area contributed by atoms with E-state index < -0.39 is 21.8 Å². The van der Waals surface area contributed by atoms with Gasteiger partial charge in [-0.05, 0) is 0 Å². The van der Waals surface area contributed by atoms with E-state index >= 15 is 0 Å². The molecule has 0 aliphatic heterocycles. The Balaban J connectivity index is 2.36. The van der Waals surface area contributed by atoms with E-state index in [-0.39, 0.29) is 0 Å². The molecule has 0 radical (unpaired) electrons. The number of nitrogens with two attached hydrogens (primary N) is 1. The predicted octanol–water partition coefficient (Wildman–Crippen LogP) is 2.50. The summed E-state index contributed by atoms with van der Waals surface area (Å²) >= 11 is -1.38. The Bertz CT molecular complexity index is 652. The zero-order chi connectivity index (χ0) is 13.8. The van der Waals surface area contributed by atoms with Crippen LogP contribution in [0.1, 0.15) is 12.7 Å². The maximum atomic E-state index is 5.77. The quantitative estimate of drug-likeness (QED) is 0.317. The first-order valence-corrected chi connectivity index (χ1v) is 20.1. The summed E-state index contributed by atoms with van der Waals surface area (Å²) in [5, 5.41) is 8.53. The van der Waals surface area contributed by atoms with Crippen LogP contribution < -0.4 is 5.73 Å². The second kappa shape index (κ2) is 6.72. The average molecular weight is 482 g/mol. The van der Waals surface area contributed by atoms with Crippen molar-refractivity contribution in [3.05, 3.63) is 30.1 Å². The van der Waals surface area contributed by atoms with Crippen molar-refractivity contribution >= 4 is 38.4 Å². The zero-order valence-corrected chi connectivity index (χ0v) is 17.7. The van der Waals surface area contributed by atoms with E-state index in [1.165, 1.54) is 8.24 Å². The van der Waals surface area contributed by atoms with Gasteiger partial charge in [0.15, 0.2) is 0 Å². The summed E-state index contributed by atoms with van der Waals surface area (Å²) in [6, 6.07) is 7.95. The summed E-state index contributed by atoms with van der Waals surface area (Å²) in [5.41, 5.74) is 8.41. The van der Waals surface area contributed by atoms with E-state index in [2.05, 4.69) is 15.2 Å². The van der Waals surface area contributed by atoms with Crippen molar-refractivity contribution in [1.29, 1.82) is 0 Å². The number of para-hydroxylation sites is 2. The van der Waals surface area contributed by atoms with E-state index in [9.17, 15) is 0 Å². The molecule has 0 unspecified atom stereocenters. The zero-order valence-electron chi connectivity index (χ0n) is 10.7. The summed E-state index contributed by atoms with van der Waals surface area (Å²) in [6.45, 7) is 1.87. The van der Waals surface area contributed by atoms with Crippen LogP contribution >= 0.6 is 16.5 Å². The Morgan fingerprint density at radius 1 is 1.42 bits per heavy atom. The molecule has 1 aromatic heterocycles. The van der Waals surface area contributed by atoms with Crippen LogP contribution in [0.15, 0.2) is 34.5 Å². The van der Waals surface area contributed by atoms with Gasteiger partial charge in [0.05, 0.1) is 0 Å². The van der Waals surface area contributed by atoms with E-state index in [4.69, 9.17) is 14.0 Å². The first-order chi connectivity index (χ1) is 9.13. The van der Waals surface area contributed by atoms with Crippen molar-refractivity contribution in [2.75, 3.05) is 0 Å². The van der Waals surface area contributed by atoms with Crippen LogP contribution in [0.5, 0.6) is 0 Å². The minimum atomic E-state index is -1.38. The minimum absolute atomic E-state index is 0.440. The molecule has 96 valence electrons. The number of nitrogens with zero attached hydrogens (tertiary/aromatic N) is 4. The number of rotatable bonds is 3. The Hall–Kier alpha value is -0.595. The van der Waals surface area contributed by atoms with Crippen molar-refractivity contribution in [3.63, 3.8) is 0 Å². The summed E-state index contributed by atoms with van der Waals surface area (Å²) in [7, 11) is 9.19. The molecule has 0 aliphatic rings. The van der Waals surface area contributed by atoms with Gasteiger partial charge in [0.1, 0.15) is 0 Å². The van der Waals surface area contributed by atoms with Crippen LogP contribution in [0.4, 0.5) is 0 Å². The van der Waals surface area contributed by atoms with Crippen LogP contribution in [0.3, 0.4) is 0 Å². The number of hydrogen-bond acceptors (Lipinski definition) is 4. The number of benzene rings is 1. The third kappa shape index (κ3) is 3.49. The van der Waals surface area contributed by atoms with Gasteiger partial charge in [0, 0.05) is 0 Å². The fourth-order valence-electron chi connectivity index (χ4n) is 1.72. The first kappa shape index (κ1) is 14.8. The molecule has 2 rings (SSSR count). The van der Waals surface area contributed by atoms with E-state index in [1.54, 1.807) is 0 Å². The predicted molar refractivity (Wildman–Crippen MR) is 78.0 cm³/mol. The molecule has 0 amide bonds. The second-order valence-electron chi connectivity index (χ2n) is 3.86. The van der Waals surface area contributed by atoms with E-state index in [0.29, 0.717) is 5.17 Å². The monoisotopic (exact) mass is 483 g/mol. The van der Waals surface area contributed by atoms with Gasteiger partial charge in [-0.15, -0.1) is 0 Å². The van der Waals surface area contributed by atoms with Crippen LogP contribution in [-0.4, -0.2) is 20.4 Å². The van der Waals surface area contributed by atoms with Crippen molar-refractivity contribution < 1.29 is 21.8 Å². The molecule has 0 fully saturated rings. The Morgan fingerprint density at radius 3 is 2.84 bits per heavy atom. The van der Waals surface area contributed by atoms with Crippen molar-refractivity contribution in [1.82, 2.24) is 9.55 Å². The molecule has 5 nitrogen and oxygen atoms in total. The van der Waals surface area contributed by atoms with E-state index in [0.717, 1.165) is 22.6 Å². The Morgan fingerprint density at radius 2 is 2.16 bits per heavy atom. The van der Waals surface area contributed by atoms with Crippen molar-refractivity contribution in [3.8, 4) is 0 Å². The number of amidine groups is 1. The molecule has 1 aromatic carbocycles. The summed E-state index contributed by atoms with van der Waals surface area (Å²) in [6.07, 6.45) is 0. The fraction of sp³-hybridized carbons (Fsp3) is 0.182.